The number of carbonyl (C=O) groups is 2. The second-order valence-electron chi connectivity index (χ2n) is 4.57. The molecular weight excluding hydrogens is 275 g/mol. The van der Waals surface area contributed by atoms with Gasteiger partial charge >= 0.3 is 11.9 Å². The van der Waals surface area contributed by atoms with Gasteiger partial charge in [0.15, 0.2) is 0 Å². The number of aryl methyl sites for hydroxylation is 1. The van der Waals surface area contributed by atoms with Crippen LogP contribution in [0.2, 0.25) is 0 Å². The van der Waals surface area contributed by atoms with E-state index in [4.69, 9.17) is 4.74 Å². The average molecular weight is 288 g/mol. The predicted molar refractivity (Wildman–Crippen MR) is 74.8 cm³/mol. The summed E-state index contributed by atoms with van der Waals surface area (Å²) in [7, 11) is 0. The minimum Gasteiger partial charge on any atom is -0.478 e. The van der Waals surface area contributed by atoms with Gasteiger partial charge in [0, 0.05) is 6.92 Å². The molecule has 0 spiro atoms. The molecule has 21 heavy (non-hydrogen) atoms. The summed E-state index contributed by atoms with van der Waals surface area (Å²) in [5.41, 5.74) is 1.63. The zero-order chi connectivity index (χ0) is 15.6. The van der Waals surface area contributed by atoms with Crippen LogP contribution < -0.4 is 4.74 Å². The number of carbonyl (C=O) groups excluding carboxylic acids is 1. The Morgan fingerprint density at radius 3 is 2.29 bits per heavy atom. The first-order valence-corrected chi connectivity index (χ1v) is 6.21. The maximum Gasteiger partial charge on any atom is 0.339 e. The van der Waals surface area contributed by atoms with Gasteiger partial charge in [-0.05, 0) is 47.9 Å². The van der Waals surface area contributed by atoms with Crippen molar-refractivity contribution in [2.45, 2.75) is 13.8 Å². The maximum atomic E-state index is 13.3. The molecule has 4 nitrogen and oxygen atoms in total. The fraction of sp³-hybridized carbons (Fsp3) is 0.125. The molecule has 2 rings (SSSR count). The number of hydrogen-bond acceptors (Lipinski definition) is 3. The number of aromatic carboxylic acids is 1. The summed E-state index contributed by atoms with van der Waals surface area (Å²) in [6.07, 6.45) is 0. The Bertz CT molecular complexity index is 722. The third-order valence-corrected chi connectivity index (χ3v) is 2.95. The number of esters is 1. The van der Waals surface area contributed by atoms with E-state index in [1.54, 1.807) is 25.1 Å². The molecule has 0 aliphatic carbocycles. The highest BCUT2D eigenvalue weighted by Gasteiger charge is 2.15. The van der Waals surface area contributed by atoms with Crippen LogP contribution in [0.3, 0.4) is 0 Å². The Kier molecular flexibility index (Phi) is 4.03. The van der Waals surface area contributed by atoms with Crippen molar-refractivity contribution < 1.29 is 23.8 Å². The third-order valence-electron chi connectivity index (χ3n) is 2.95. The molecule has 2 aromatic carbocycles. The first-order valence-electron chi connectivity index (χ1n) is 6.21. The van der Waals surface area contributed by atoms with Gasteiger partial charge in [-0.2, -0.15) is 0 Å². The van der Waals surface area contributed by atoms with Crippen LogP contribution in [-0.4, -0.2) is 17.0 Å². The molecule has 0 saturated heterocycles. The molecule has 0 amide bonds. The van der Waals surface area contributed by atoms with Crippen LogP contribution in [-0.2, 0) is 4.79 Å². The number of carboxylic acid groups (broad SMARTS) is 1. The van der Waals surface area contributed by atoms with Gasteiger partial charge in [0.1, 0.15) is 17.1 Å². The Balaban J connectivity index is 2.50. The van der Waals surface area contributed by atoms with Gasteiger partial charge in [-0.1, -0.05) is 12.1 Å². The quantitative estimate of drug-likeness (QED) is 0.694. The number of rotatable bonds is 3. The van der Waals surface area contributed by atoms with E-state index in [0.29, 0.717) is 16.7 Å². The Labute approximate surface area is 120 Å². The number of ether oxygens (including phenoxy) is 1. The van der Waals surface area contributed by atoms with Crippen LogP contribution in [0.5, 0.6) is 5.75 Å². The Morgan fingerprint density at radius 2 is 1.71 bits per heavy atom. The standard InChI is InChI=1S/C16H13FO4/c1-9-7-11(3-5-14(9)17)12-4-6-15(21-10(2)18)13(8-12)16(19)20/h3-8H,1-2H3,(H,19,20). The van der Waals surface area contributed by atoms with E-state index in [-0.39, 0.29) is 17.1 Å². The van der Waals surface area contributed by atoms with E-state index in [2.05, 4.69) is 0 Å². The fourth-order valence-corrected chi connectivity index (χ4v) is 1.94. The Morgan fingerprint density at radius 1 is 1.10 bits per heavy atom. The summed E-state index contributed by atoms with van der Waals surface area (Å²) in [4.78, 5) is 22.2. The molecule has 0 aromatic heterocycles. The van der Waals surface area contributed by atoms with Gasteiger partial charge < -0.3 is 9.84 Å². The van der Waals surface area contributed by atoms with Crippen LogP contribution in [0.1, 0.15) is 22.8 Å². The van der Waals surface area contributed by atoms with Gasteiger partial charge in [-0.15, -0.1) is 0 Å². The average Bonchev–Trinajstić information content (AvgIpc) is 2.41. The smallest absolute Gasteiger partial charge is 0.339 e. The van der Waals surface area contributed by atoms with E-state index in [1.807, 2.05) is 0 Å². The van der Waals surface area contributed by atoms with Crippen molar-refractivity contribution in [2.75, 3.05) is 0 Å². The van der Waals surface area contributed by atoms with Crippen LogP contribution in [0.25, 0.3) is 11.1 Å². The Hall–Kier alpha value is -2.69. The second-order valence-corrected chi connectivity index (χ2v) is 4.57. The van der Waals surface area contributed by atoms with Crippen molar-refractivity contribution >= 4 is 11.9 Å². The van der Waals surface area contributed by atoms with Crippen LogP contribution in [0, 0.1) is 12.7 Å². The molecule has 0 radical (unpaired) electrons. The lowest BCUT2D eigenvalue weighted by Crippen LogP contribution is -2.07. The van der Waals surface area contributed by atoms with E-state index in [0.717, 1.165) is 0 Å². The topological polar surface area (TPSA) is 63.6 Å². The molecular formula is C16H13FO4. The van der Waals surface area contributed by atoms with Gasteiger partial charge in [0.05, 0.1) is 0 Å². The lowest BCUT2D eigenvalue weighted by Gasteiger charge is -2.09. The zero-order valence-corrected chi connectivity index (χ0v) is 11.5. The highest BCUT2D eigenvalue weighted by Crippen LogP contribution is 2.28. The molecule has 0 heterocycles. The van der Waals surface area contributed by atoms with Gasteiger partial charge in [0.25, 0.3) is 0 Å². The minimum absolute atomic E-state index is 0.0161. The summed E-state index contributed by atoms with van der Waals surface area (Å²) in [6, 6.07) is 8.95. The van der Waals surface area contributed by atoms with Crippen LogP contribution in [0.15, 0.2) is 36.4 Å². The van der Waals surface area contributed by atoms with E-state index in [1.165, 1.54) is 25.1 Å². The van der Waals surface area contributed by atoms with Crippen molar-refractivity contribution in [2.24, 2.45) is 0 Å². The van der Waals surface area contributed by atoms with Gasteiger partial charge in [-0.25, -0.2) is 9.18 Å². The number of hydrogen-bond donors (Lipinski definition) is 1. The van der Waals surface area contributed by atoms with Crippen LogP contribution in [0.4, 0.5) is 4.39 Å². The van der Waals surface area contributed by atoms with E-state index < -0.39 is 11.9 Å². The highest BCUT2D eigenvalue weighted by molar-refractivity contribution is 5.93. The normalized spacial score (nSPS) is 10.2. The zero-order valence-electron chi connectivity index (χ0n) is 11.5. The lowest BCUT2D eigenvalue weighted by atomic mass is 10.0. The summed E-state index contributed by atoms with van der Waals surface area (Å²) in [5, 5.41) is 9.20. The summed E-state index contributed by atoms with van der Waals surface area (Å²) >= 11 is 0. The largest absolute Gasteiger partial charge is 0.478 e. The van der Waals surface area contributed by atoms with Gasteiger partial charge in [-0.3, -0.25) is 4.79 Å². The van der Waals surface area contributed by atoms with Crippen molar-refractivity contribution in [3.8, 4) is 16.9 Å². The summed E-state index contributed by atoms with van der Waals surface area (Å²) in [5.74, 6) is -2.14. The third kappa shape index (κ3) is 3.25. The minimum atomic E-state index is -1.20. The molecule has 108 valence electrons. The first-order chi connectivity index (χ1) is 9.88. The molecule has 5 heteroatoms. The van der Waals surface area contributed by atoms with Crippen molar-refractivity contribution in [1.29, 1.82) is 0 Å². The number of benzene rings is 2. The van der Waals surface area contributed by atoms with Gasteiger partial charge in [0.2, 0.25) is 0 Å². The van der Waals surface area contributed by atoms with Crippen molar-refractivity contribution in [1.82, 2.24) is 0 Å². The van der Waals surface area contributed by atoms with Crippen molar-refractivity contribution in [3.05, 3.63) is 53.3 Å². The summed E-state index contributed by atoms with van der Waals surface area (Å²) < 4.78 is 18.1. The first kappa shape index (κ1) is 14.7. The van der Waals surface area contributed by atoms with Crippen molar-refractivity contribution in [3.63, 3.8) is 0 Å². The molecule has 0 unspecified atom stereocenters. The van der Waals surface area contributed by atoms with E-state index >= 15 is 0 Å². The SMILES string of the molecule is CC(=O)Oc1ccc(-c2ccc(F)c(C)c2)cc1C(=O)O. The van der Waals surface area contributed by atoms with E-state index in [9.17, 15) is 19.1 Å². The molecule has 0 aliphatic heterocycles. The monoisotopic (exact) mass is 288 g/mol. The van der Waals surface area contributed by atoms with Crippen LogP contribution >= 0.6 is 0 Å². The maximum absolute atomic E-state index is 13.3. The number of halogens is 1. The molecule has 0 saturated carbocycles. The highest BCUT2D eigenvalue weighted by atomic mass is 19.1. The summed E-state index contributed by atoms with van der Waals surface area (Å²) in [6.45, 7) is 2.83. The molecule has 2 aromatic rings. The molecule has 0 aliphatic rings. The molecule has 0 atom stereocenters. The second kappa shape index (κ2) is 5.75. The number of carboxylic acids is 1. The lowest BCUT2D eigenvalue weighted by molar-refractivity contribution is -0.131. The molecule has 0 bridgehead atoms. The molecule has 0 fully saturated rings. The molecule has 1 N–H and O–H groups in total. The predicted octanol–water partition coefficient (Wildman–Crippen LogP) is 3.42. The fourth-order valence-electron chi connectivity index (χ4n) is 1.94.